The number of carbonyl (C=O) groups excluding carboxylic acids is 1. The Balaban J connectivity index is 2.14. The molecule has 9 nitrogen and oxygen atoms in total. The van der Waals surface area contributed by atoms with Gasteiger partial charge < -0.3 is 9.94 Å². The van der Waals surface area contributed by atoms with Crippen molar-refractivity contribution in [2.24, 2.45) is 5.16 Å². The van der Waals surface area contributed by atoms with Crippen molar-refractivity contribution in [1.82, 2.24) is 15.2 Å². The second kappa shape index (κ2) is 7.49. The molecule has 0 saturated heterocycles. The van der Waals surface area contributed by atoms with Crippen LogP contribution in [0.4, 0.5) is 5.13 Å². The smallest absolute Gasteiger partial charge is 0.344 e. The van der Waals surface area contributed by atoms with Crippen LogP contribution in [0.5, 0.6) is 0 Å². The molecule has 3 N–H and O–H groups in total. The van der Waals surface area contributed by atoms with E-state index in [0.717, 1.165) is 4.88 Å². The zero-order valence-electron chi connectivity index (χ0n) is 12.4. The molecular formula is C13H15N5O4S. The Bertz CT molecular complexity index is 708. The van der Waals surface area contributed by atoms with Crippen molar-refractivity contribution >= 4 is 34.1 Å². The summed E-state index contributed by atoms with van der Waals surface area (Å²) in [5.41, 5.74) is 0.0855. The van der Waals surface area contributed by atoms with Gasteiger partial charge in [0.15, 0.2) is 10.8 Å². The third kappa shape index (κ3) is 4.61. The maximum absolute atomic E-state index is 12.3. The number of amides is 1. The number of thiazole rings is 1. The van der Waals surface area contributed by atoms with Gasteiger partial charge in [-0.05, 0) is 12.0 Å². The SMILES string of the molecule is CC(C)c1cnc(NC(=O)/C(=N/OCC(=O)O)c2cc[nH]n2)s1. The first-order valence-electron chi connectivity index (χ1n) is 6.66. The van der Waals surface area contributed by atoms with E-state index in [1.165, 1.54) is 23.6 Å². The lowest BCUT2D eigenvalue weighted by atomic mass is 10.2. The van der Waals surface area contributed by atoms with Crippen molar-refractivity contribution in [2.45, 2.75) is 19.8 Å². The predicted molar refractivity (Wildman–Crippen MR) is 83.5 cm³/mol. The molecule has 2 heterocycles. The largest absolute Gasteiger partial charge is 0.479 e. The van der Waals surface area contributed by atoms with Gasteiger partial charge in [0.1, 0.15) is 5.69 Å². The highest BCUT2D eigenvalue weighted by molar-refractivity contribution is 7.15. The fourth-order valence-electron chi connectivity index (χ4n) is 1.52. The highest BCUT2D eigenvalue weighted by atomic mass is 32.1. The number of aromatic amines is 1. The fraction of sp³-hybridized carbons (Fsp3) is 0.308. The summed E-state index contributed by atoms with van der Waals surface area (Å²) in [7, 11) is 0. The summed E-state index contributed by atoms with van der Waals surface area (Å²) < 4.78 is 0. The summed E-state index contributed by atoms with van der Waals surface area (Å²) in [6.45, 7) is 3.39. The van der Waals surface area contributed by atoms with Crippen LogP contribution in [-0.2, 0) is 14.4 Å². The second-order valence-electron chi connectivity index (χ2n) is 4.74. The monoisotopic (exact) mass is 337 g/mol. The van der Waals surface area contributed by atoms with E-state index in [-0.39, 0.29) is 11.4 Å². The van der Waals surface area contributed by atoms with E-state index in [4.69, 9.17) is 5.11 Å². The van der Waals surface area contributed by atoms with Gasteiger partial charge in [0.2, 0.25) is 6.61 Å². The van der Waals surface area contributed by atoms with E-state index >= 15 is 0 Å². The molecular weight excluding hydrogens is 322 g/mol. The van der Waals surface area contributed by atoms with Gasteiger partial charge in [-0.1, -0.05) is 19.0 Å². The molecule has 0 aromatic carbocycles. The Morgan fingerprint density at radius 3 is 2.87 bits per heavy atom. The van der Waals surface area contributed by atoms with E-state index in [1.807, 2.05) is 13.8 Å². The minimum atomic E-state index is -1.20. The van der Waals surface area contributed by atoms with Crippen LogP contribution in [0.3, 0.4) is 0 Å². The summed E-state index contributed by atoms with van der Waals surface area (Å²) in [6.07, 6.45) is 3.20. The number of hydrogen-bond acceptors (Lipinski definition) is 7. The number of anilines is 1. The quantitative estimate of drug-likeness (QED) is 0.518. The highest BCUT2D eigenvalue weighted by Crippen LogP contribution is 2.25. The molecule has 0 unspecified atom stereocenters. The number of carboxylic acids is 1. The zero-order chi connectivity index (χ0) is 16.8. The third-order valence-corrected chi connectivity index (χ3v) is 3.83. The van der Waals surface area contributed by atoms with Crippen LogP contribution >= 0.6 is 11.3 Å². The molecule has 122 valence electrons. The molecule has 2 aromatic heterocycles. The number of carbonyl (C=O) groups is 2. The lowest BCUT2D eigenvalue weighted by Gasteiger charge is -2.03. The second-order valence-corrected chi connectivity index (χ2v) is 5.81. The molecule has 1 amide bonds. The topological polar surface area (TPSA) is 130 Å². The van der Waals surface area contributed by atoms with Crippen LogP contribution in [0.1, 0.15) is 30.3 Å². The molecule has 0 radical (unpaired) electrons. The van der Waals surface area contributed by atoms with Crippen LogP contribution in [0.15, 0.2) is 23.6 Å². The Morgan fingerprint density at radius 1 is 1.52 bits per heavy atom. The molecule has 0 aliphatic carbocycles. The van der Waals surface area contributed by atoms with Crippen molar-refractivity contribution in [3.8, 4) is 0 Å². The lowest BCUT2D eigenvalue weighted by Crippen LogP contribution is -2.25. The number of oxime groups is 1. The van der Waals surface area contributed by atoms with Gasteiger partial charge in [-0.15, -0.1) is 11.3 Å². The van der Waals surface area contributed by atoms with E-state index in [9.17, 15) is 9.59 Å². The predicted octanol–water partition coefficient (Wildman–Crippen LogP) is 1.43. The van der Waals surface area contributed by atoms with Crippen molar-refractivity contribution in [2.75, 3.05) is 11.9 Å². The summed E-state index contributed by atoms with van der Waals surface area (Å²) in [5, 5.41) is 21.5. The van der Waals surface area contributed by atoms with Gasteiger partial charge in [0.05, 0.1) is 0 Å². The molecule has 2 aromatic rings. The minimum Gasteiger partial charge on any atom is -0.479 e. The molecule has 0 fully saturated rings. The Hall–Kier alpha value is -2.75. The van der Waals surface area contributed by atoms with E-state index in [1.54, 1.807) is 6.20 Å². The van der Waals surface area contributed by atoms with Crippen LogP contribution in [0.2, 0.25) is 0 Å². The van der Waals surface area contributed by atoms with Gasteiger partial charge in [0, 0.05) is 17.3 Å². The van der Waals surface area contributed by atoms with Gasteiger partial charge in [-0.3, -0.25) is 15.2 Å². The van der Waals surface area contributed by atoms with Crippen LogP contribution in [0.25, 0.3) is 0 Å². The van der Waals surface area contributed by atoms with Crippen LogP contribution in [0, 0.1) is 0 Å². The number of nitrogens with one attached hydrogen (secondary N) is 2. The normalized spacial score (nSPS) is 11.5. The number of H-pyrrole nitrogens is 1. The van der Waals surface area contributed by atoms with E-state index in [0.29, 0.717) is 11.0 Å². The van der Waals surface area contributed by atoms with Crippen molar-refractivity contribution < 1.29 is 19.5 Å². The van der Waals surface area contributed by atoms with E-state index in [2.05, 4.69) is 30.5 Å². The van der Waals surface area contributed by atoms with Gasteiger partial charge in [0.25, 0.3) is 5.91 Å². The Morgan fingerprint density at radius 2 is 2.30 bits per heavy atom. The number of rotatable bonds is 7. The van der Waals surface area contributed by atoms with Crippen LogP contribution in [-0.4, -0.2) is 44.5 Å². The molecule has 23 heavy (non-hydrogen) atoms. The maximum atomic E-state index is 12.3. The first-order valence-corrected chi connectivity index (χ1v) is 7.48. The summed E-state index contributed by atoms with van der Waals surface area (Å²) >= 11 is 1.35. The molecule has 0 saturated carbocycles. The number of aromatic nitrogens is 3. The number of nitrogens with zero attached hydrogens (tertiary/aromatic N) is 3. The third-order valence-electron chi connectivity index (χ3n) is 2.62. The number of hydrogen-bond donors (Lipinski definition) is 3. The van der Waals surface area contributed by atoms with Crippen molar-refractivity contribution in [1.29, 1.82) is 0 Å². The number of carboxylic acid groups (broad SMARTS) is 1. The van der Waals surface area contributed by atoms with Gasteiger partial charge >= 0.3 is 5.97 Å². The molecule has 2 rings (SSSR count). The van der Waals surface area contributed by atoms with Gasteiger partial charge in [-0.25, -0.2) is 9.78 Å². The first kappa shape index (κ1) is 16.6. The molecule has 0 aliphatic rings. The summed E-state index contributed by atoms with van der Waals surface area (Å²) in [4.78, 5) is 32.6. The van der Waals surface area contributed by atoms with Crippen molar-refractivity contribution in [3.05, 3.63) is 29.0 Å². The lowest BCUT2D eigenvalue weighted by molar-refractivity contribution is -0.142. The average molecular weight is 337 g/mol. The summed E-state index contributed by atoms with van der Waals surface area (Å²) in [6, 6.07) is 1.52. The molecule has 0 bridgehead atoms. The first-order chi connectivity index (χ1) is 11.0. The standard InChI is InChI=1S/C13H15N5O4S/c1-7(2)9-5-14-13(23-9)16-12(21)11(8-3-4-15-17-8)18-22-6-10(19)20/h3-5,7H,6H2,1-2H3,(H,15,17)(H,19,20)(H,14,16,21)/b18-11+. The van der Waals surface area contributed by atoms with Gasteiger partial charge in [-0.2, -0.15) is 5.10 Å². The highest BCUT2D eigenvalue weighted by Gasteiger charge is 2.19. The minimum absolute atomic E-state index is 0.145. The molecule has 0 spiro atoms. The molecule has 0 aliphatic heterocycles. The fourth-order valence-corrected chi connectivity index (χ4v) is 2.33. The Kier molecular flexibility index (Phi) is 5.41. The number of aliphatic carboxylic acids is 1. The maximum Gasteiger partial charge on any atom is 0.344 e. The zero-order valence-corrected chi connectivity index (χ0v) is 13.3. The van der Waals surface area contributed by atoms with E-state index < -0.39 is 18.5 Å². The summed E-state index contributed by atoms with van der Waals surface area (Å²) in [5.74, 6) is -1.49. The molecule has 10 heteroatoms. The molecule has 0 atom stereocenters. The van der Waals surface area contributed by atoms with Crippen LogP contribution < -0.4 is 5.32 Å². The average Bonchev–Trinajstić information content (AvgIpc) is 3.14. The van der Waals surface area contributed by atoms with Crippen molar-refractivity contribution in [3.63, 3.8) is 0 Å². The Labute approximate surface area is 135 Å².